The van der Waals surface area contributed by atoms with E-state index in [0.29, 0.717) is 18.2 Å². The number of carbonyl (C=O) groups is 1. The second-order valence-corrected chi connectivity index (χ2v) is 5.78. The highest BCUT2D eigenvalue weighted by Gasteiger charge is 2.16. The summed E-state index contributed by atoms with van der Waals surface area (Å²) in [4.78, 5) is 24.9. The standard InChI is InChI=1S/C20H20N4O/c1-23(15-16-9-5-3-6-10-16)19(25)18-13-14-21-20(22-18)24(2)17-11-7-4-8-12-17/h3-14H,15H2,1-2H3. The average molecular weight is 332 g/mol. The summed E-state index contributed by atoms with van der Waals surface area (Å²) in [5.74, 6) is 0.360. The lowest BCUT2D eigenvalue weighted by Crippen LogP contribution is -2.27. The first-order valence-corrected chi connectivity index (χ1v) is 8.06. The van der Waals surface area contributed by atoms with Crippen molar-refractivity contribution in [2.45, 2.75) is 6.54 Å². The van der Waals surface area contributed by atoms with Gasteiger partial charge in [0.25, 0.3) is 5.91 Å². The minimum absolute atomic E-state index is 0.131. The van der Waals surface area contributed by atoms with Crippen LogP contribution >= 0.6 is 0 Å². The summed E-state index contributed by atoms with van der Waals surface area (Å²) in [6, 6.07) is 21.3. The fraction of sp³-hybridized carbons (Fsp3) is 0.150. The van der Waals surface area contributed by atoms with Crippen LogP contribution < -0.4 is 4.90 Å². The first-order valence-electron chi connectivity index (χ1n) is 8.06. The molecule has 0 radical (unpaired) electrons. The van der Waals surface area contributed by atoms with Crippen molar-refractivity contribution in [1.29, 1.82) is 0 Å². The van der Waals surface area contributed by atoms with Crippen LogP contribution in [0.4, 0.5) is 11.6 Å². The number of amides is 1. The maximum atomic E-state index is 12.7. The molecule has 5 heteroatoms. The minimum Gasteiger partial charge on any atom is -0.336 e. The molecular weight excluding hydrogens is 312 g/mol. The topological polar surface area (TPSA) is 49.3 Å². The number of nitrogens with zero attached hydrogens (tertiary/aromatic N) is 4. The Bertz CT molecular complexity index is 837. The number of para-hydroxylation sites is 1. The van der Waals surface area contributed by atoms with Gasteiger partial charge >= 0.3 is 0 Å². The Hall–Kier alpha value is -3.21. The van der Waals surface area contributed by atoms with E-state index >= 15 is 0 Å². The molecule has 0 unspecified atom stereocenters. The van der Waals surface area contributed by atoms with Crippen LogP contribution in [-0.2, 0) is 6.54 Å². The summed E-state index contributed by atoms with van der Waals surface area (Å²) in [6.07, 6.45) is 1.62. The van der Waals surface area contributed by atoms with E-state index in [-0.39, 0.29) is 5.91 Å². The van der Waals surface area contributed by atoms with Gasteiger partial charge in [-0.2, -0.15) is 0 Å². The van der Waals surface area contributed by atoms with E-state index in [2.05, 4.69) is 9.97 Å². The van der Waals surface area contributed by atoms with Gasteiger partial charge in [-0.3, -0.25) is 4.79 Å². The Balaban J connectivity index is 1.77. The first kappa shape index (κ1) is 16.6. The summed E-state index contributed by atoms with van der Waals surface area (Å²) in [7, 11) is 3.66. The Morgan fingerprint density at radius 1 is 0.920 bits per heavy atom. The lowest BCUT2D eigenvalue weighted by atomic mass is 10.2. The van der Waals surface area contributed by atoms with Crippen LogP contribution in [-0.4, -0.2) is 34.9 Å². The molecule has 0 spiro atoms. The lowest BCUT2D eigenvalue weighted by Gasteiger charge is -2.19. The lowest BCUT2D eigenvalue weighted by molar-refractivity contribution is 0.0779. The van der Waals surface area contributed by atoms with Gasteiger partial charge in [0.2, 0.25) is 5.95 Å². The van der Waals surface area contributed by atoms with Gasteiger partial charge < -0.3 is 9.80 Å². The van der Waals surface area contributed by atoms with Crippen molar-refractivity contribution in [2.75, 3.05) is 19.0 Å². The molecule has 0 saturated carbocycles. The Labute approximate surface area is 147 Å². The van der Waals surface area contributed by atoms with Crippen molar-refractivity contribution < 1.29 is 4.79 Å². The third-order valence-corrected chi connectivity index (χ3v) is 3.91. The summed E-state index contributed by atoms with van der Waals surface area (Å²) in [5, 5.41) is 0. The summed E-state index contributed by atoms with van der Waals surface area (Å²) >= 11 is 0. The molecular formula is C20H20N4O. The number of rotatable bonds is 5. The molecule has 0 aliphatic rings. The molecule has 2 aromatic carbocycles. The van der Waals surface area contributed by atoms with E-state index in [0.717, 1.165) is 11.3 Å². The third-order valence-electron chi connectivity index (χ3n) is 3.91. The molecule has 126 valence electrons. The fourth-order valence-corrected chi connectivity index (χ4v) is 2.52. The highest BCUT2D eigenvalue weighted by Crippen LogP contribution is 2.19. The summed E-state index contributed by atoms with van der Waals surface area (Å²) in [6.45, 7) is 0.535. The largest absolute Gasteiger partial charge is 0.336 e. The van der Waals surface area contributed by atoms with Crippen molar-refractivity contribution in [3.63, 3.8) is 0 Å². The van der Waals surface area contributed by atoms with Gasteiger partial charge in [0.15, 0.2) is 0 Å². The second kappa shape index (κ2) is 7.57. The van der Waals surface area contributed by atoms with Crippen molar-refractivity contribution >= 4 is 17.5 Å². The van der Waals surface area contributed by atoms with E-state index in [1.165, 1.54) is 0 Å². The van der Waals surface area contributed by atoms with Crippen LogP contribution in [0.15, 0.2) is 72.9 Å². The normalized spacial score (nSPS) is 10.3. The maximum absolute atomic E-state index is 12.7. The molecule has 0 atom stereocenters. The van der Waals surface area contributed by atoms with Crippen LogP contribution in [0.2, 0.25) is 0 Å². The van der Waals surface area contributed by atoms with Crippen LogP contribution in [0.5, 0.6) is 0 Å². The summed E-state index contributed by atoms with van der Waals surface area (Å²) in [5.41, 5.74) is 2.42. The molecule has 25 heavy (non-hydrogen) atoms. The summed E-state index contributed by atoms with van der Waals surface area (Å²) < 4.78 is 0. The number of carbonyl (C=O) groups excluding carboxylic acids is 1. The number of hydrogen-bond donors (Lipinski definition) is 0. The van der Waals surface area contributed by atoms with Crippen LogP contribution in [0.3, 0.4) is 0 Å². The number of hydrogen-bond acceptors (Lipinski definition) is 4. The monoisotopic (exact) mass is 332 g/mol. The molecule has 0 N–H and O–H groups in total. The van der Waals surface area contributed by atoms with Gasteiger partial charge in [0.05, 0.1) is 0 Å². The molecule has 5 nitrogen and oxygen atoms in total. The number of benzene rings is 2. The van der Waals surface area contributed by atoms with Gasteiger partial charge in [-0.25, -0.2) is 9.97 Å². The van der Waals surface area contributed by atoms with Gasteiger partial charge in [0, 0.05) is 32.5 Å². The second-order valence-electron chi connectivity index (χ2n) is 5.78. The molecule has 0 fully saturated rings. The van der Waals surface area contributed by atoms with E-state index in [9.17, 15) is 4.79 Å². The molecule has 3 aromatic rings. The molecule has 0 saturated heterocycles. The van der Waals surface area contributed by atoms with Crippen LogP contribution in [0.1, 0.15) is 16.1 Å². The molecule has 0 aliphatic carbocycles. The quantitative estimate of drug-likeness (QED) is 0.717. The molecule has 0 bridgehead atoms. The zero-order chi connectivity index (χ0) is 17.6. The smallest absolute Gasteiger partial charge is 0.272 e. The van der Waals surface area contributed by atoms with E-state index in [1.807, 2.05) is 72.6 Å². The zero-order valence-electron chi connectivity index (χ0n) is 14.3. The first-order chi connectivity index (χ1) is 12.1. The van der Waals surface area contributed by atoms with Gasteiger partial charge in [-0.15, -0.1) is 0 Å². The highest BCUT2D eigenvalue weighted by atomic mass is 16.2. The van der Waals surface area contributed by atoms with Crippen LogP contribution in [0.25, 0.3) is 0 Å². The maximum Gasteiger partial charge on any atom is 0.272 e. The third kappa shape index (κ3) is 4.01. The van der Waals surface area contributed by atoms with E-state index in [4.69, 9.17) is 0 Å². The van der Waals surface area contributed by atoms with Crippen molar-refractivity contribution in [1.82, 2.24) is 14.9 Å². The zero-order valence-corrected chi connectivity index (χ0v) is 14.3. The van der Waals surface area contributed by atoms with Gasteiger partial charge in [-0.05, 0) is 23.8 Å². The molecule has 1 amide bonds. The Morgan fingerprint density at radius 2 is 1.56 bits per heavy atom. The Kier molecular flexibility index (Phi) is 5.04. The fourth-order valence-electron chi connectivity index (χ4n) is 2.52. The molecule has 0 aliphatic heterocycles. The number of anilines is 2. The van der Waals surface area contributed by atoms with E-state index < -0.39 is 0 Å². The average Bonchev–Trinajstić information content (AvgIpc) is 2.68. The number of aromatic nitrogens is 2. The van der Waals surface area contributed by atoms with Gasteiger partial charge in [-0.1, -0.05) is 48.5 Å². The Morgan fingerprint density at radius 3 is 2.24 bits per heavy atom. The van der Waals surface area contributed by atoms with Crippen molar-refractivity contribution in [3.05, 3.63) is 84.2 Å². The highest BCUT2D eigenvalue weighted by molar-refractivity contribution is 5.92. The predicted molar refractivity (Wildman–Crippen MR) is 98.8 cm³/mol. The minimum atomic E-state index is -0.131. The molecule has 1 heterocycles. The van der Waals surface area contributed by atoms with Crippen molar-refractivity contribution in [3.8, 4) is 0 Å². The van der Waals surface area contributed by atoms with Gasteiger partial charge in [0.1, 0.15) is 5.69 Å². The predicted octanol–water partition coefficient (Wildman–Crippen LogP) is 3.52. The van der Waals surface area contributed by atoms with E-state index in [1.54, 1.807) is 24.2 Å². The molecule has 1 aromatic heterocycles. The van der Waals surface area contributed by atoms with Crippen molar-refractivity contribution in [2.24, 2.45) is 0 Å². The SMILES string of the molecule is CN(Cc1ccccc1)C(=O)c1ccnc(N(C)c2ccccc2)n1. The van der Waals surface area contributed by atoms with Crippen LogP contribution in [0, 0.1) is 0 Å². The molecule has 3 rings (SSSR count).